The molecule has 0 aliphatic rings. The topological polar surface area (TPSA) is 92.4 Å². The molecule has 2 rings (SSSR count). The van der Waals surface area contributed by atoms with Gasteiger partial charge >= 0.3 is 5.97 Å². The zero-order valence-electron chi connectivity index (χ0n) is 11.3. The van der Waals surface area contributed by atoms with Gasteiger partial charge < -0.3 is 16.2 Å². The van der Waals surface area contributed by atoms with Gasteiger partial charge in [-0.05, 0) is 35.6 Å². The molecule has 0 saturated heterocycles. The van der Waals surface area contributed by atoms with Crippen LogP contribution >= 0.6 is 11.3 Å². The summed E-state index contributed by atoms with van der Waals surface area (Å²) in [6.45, 7) is 0. The third-order valence-electron chi connectivity index (χ3n) is 3.00. The molecule has 0 radical (unpaired) electrons. The quantitative estimate of drug-likeness (QED) is 0.713. The maximum atomic E-state index is 11.9. The van der Waals surface area contributed by atoms with E-state index < -0.39 is 12.0 Å². The van der Waals surface area contributed by atoms with E-state index in [1.165, 1.54) is 11.3 Å². The van der Waals surface area contributed by atoms with Crippen molar-refractivity contribution in [1.29, 1.82) is 0 Å². The Morgan fingerprint density at radius 3 is 2.52 bits per heavy atom. The van der Waals surface area contributed by atoms with E-state index in [9.17, 15) is 14.7 Å². The van der Waals surface area contributed by atoms with Gasteiger partial charge in [0.15, 0.2) is 6.04 Å². The standard InChI is InChI=1S/C15H16N2O3S/c16-11-6-3-10(4-7-11)5-8-13(18)17-14(15(19)20)12-2-1-9-21-12/h1-4,6-7,9,14H,5,8,16H2,(H,17,18)(H,19,20). The molecule has 4 N–H and O–H groups in total. The maximum Gasteiger partial charge on any atom is 0.331 e. The Hall–Kier alpha value is -2.34. The maximum absolute atomic E-state index is 11.9. The summed E-state index contributed by atoms with van der Waals surface area (Å²) in [5, 5.41) is 13.5. The van der Waals surface area contributed by atoms with Crippen molar-refractivity contribution < 1.29 is 14.7 Å². The molecule has 0 spiro atoms. The molecule has 6 heteroatoms. The van der Waals surface area contributed by atoms with Crippen LogP contribution in [0.2, 0.25) is 0 Å². The first kappa shape index (κ1) is 15.1. The molecule has 110 valence electrons. The van der Waals surface area contributed by atoms with Crippen molar-refractivity contribution in [1.82, 2.24) is 5.32 Å². The van der Waals surface area contributed by atoms with Gasteiger partial charge in [-0.2, -0.15) is 0 Å². The van der Waals surface area contributed by atoms with E-state index >= 15 is 0 Å². The third kappa shape index (κ3) is 4.32. The molecule has 0 aliphatic heterocycles. The van der Waals surface area contributed by atoms with Gasteiger partial charge in [-0.1, -0.05) is 18.2 Å². The van der Waals surface area contributed by atoms with E-state index in [2.05, 4.69) is 5.32 Å². The molecule has 0 bridgehead atoms. The molecular formula is C15H16N2O3S. The van der Waals surface area contributed by atoms with E-state index in [4.69, 9.17) is 5.73 Å². The van der Waals surface area contributed by atoms with Crippen LogP contribution in [0.4, 0.5) is 5.69 Å². The summed E-state index contributed by atoms with van der Waals surface area (Å²) in [6.07, 6.45) is 0.780. The molecule has 1 atom stereocenters. The summed E-state index contributed by atoms with van der Waals surface area (Å²) in [7, 11) is 0. The molecule has 1 heterocycles. The number of anilines is 1. The van der Waals surface area contributed by atoms with Crippen LogP contribution in [0.25, 0.3) is 0 Å². The van der Waals surface area contributed by atoms with Crippen molar-refractivity contribution in [3.63, 3.8) is 0 Å². The molecule has 2 aromatic rings. The summed E-state index contributed by atoms with van der Waals surface area (Å²) in [4.78, 5) is 23.7. The lowest BCUT2D eigenvalue weighted by Crippen LogP contribution is -2.33. The number of nitrogens with one attached hydrogen (secondary N) is 1. The Kier molecular flexibility index (Phi) is 4.94. The number of amides is 1. The van der Waals surface area contributed by atoms with Crippen molar-refractivity contribution in [3.8, 4) is 0 Å². The number of thiophene rings is 1. The van der Waals surface area contributed by atoms with Crippen LogP contribution < -0.4 is 11.1 Å². The Balaban J connectivity index is 1.91. The van der Waals surface area contributed by atoms with Crippen molar-refractivity contribution in [2.75, 3.05) is 5.73 Å². The smallest absolute Gasteiger partial charge is 0.331 e. The van der Waals surface area contributed by atoms with Gasteiger partial charge in [0.25, 0.3) is 0 Å². The van der Waals surface area contributed by atoms with E-state index in [0.717, 1.165) is 5.56 Å². The largest absolute Gasteiger partial charge is 0.479 e. The van der Waals surface area contributed by atoms with Crippen LogP contribution in [0, 0.1) is 0 Å². The number of carbonyl (C=O) groups excluding carboxylic acids is 1. The monoisotopic (exact) mass is 304 g/mol. The molecule has 0 fully saturated rings. The van der Waals surface area contributed by atoms with Gasteiger partial charge in [0.2, 0.25) is 5.91 Å². The number of carboxylic acids is 1. The third-order valence-corrected chi connectivity index (χ3v) is 3.94. The van der Waals surface area contributed by atoms with Crippen molar-refractivity contribution >= 4 is 28.9 Å². The fourth-order valence-electron chi connectivity index (χ4n) is 1.89. The summed E-state index contributed by atoms with van der Waals surface area (Å²) >= 11 is 1.31. The Morgan fingerprint density at radius 1 is 1.24 bits per heavy atom. The minimum absolute atomic E-state index is 0.235. The SMILES string of the molecule is Nc1ccc(CCC(=O)NC(C(=O)O)c2cccs2)cc1. The minimum atomic E-state index is -1.06. The van der Waals surface area contributed by atoms with Crippen LogP contribution in [0.5, 0.6) is 0 Å². The van der Waals surface area contributed by atoms with Crippen LogP contribution in [-0.2, 0) is 16.0 Å². The highest BCUT2D eigenvalue weighted by Gasteiger charge is 2.22. The number of rotatable bonds is 6. The van der Waals surface area contributed by atoms with Gasteiger partial charge in [-0.3, -0.25) is 4.79 Å². The number of hydrogen-bond acceptors (Lipinski definition) is 4. The Morgan fingerprint density at radius 2 is 1.95 bits per heavy atom. The highest BCUT2D eigenvalue weighted by Crippen LogP contribution is 2.19. The first-order chi connectivity index (χ1) is 10.1. The van der Waals surface area contributed by atoms with Crippen LogP contribution in [0.3, 0.4) is 0 Å². The van der Waals surface area contributed by atoms with Gasteiger partial charge in [-0.15, -0.1) is 11.3 Å². The molecule has 1 unspecified atom stereocenters. The fraction of sp³-hybridized carbons (Fsp3) is 0.200. The number of nitrogen functional groups attached to an aromatic ring is 1. The minimum Gasteiger partial charge on any atom is -0.479 e. The number of carbonyl (C=O) groups is 2. The molecule has 0 saturated carbocycles. The average Bonchev–Trinajstić information content (AvgIpc) is 2.97. The van der Waals surface area contributed by atoms with Crippen LogP contribution in [-0.4, -0.2) is 17.0 Å². The van der Waals surface area contributed by atoms with Crippen molar-refractivity contribution in [3.05, 3.63) is 52.2 Å². The summed E-state index contributed by atoms with van der Waals surface area (Å²) in [5.74, 6) is -1.34. The number of benzene rings is 1. The van der Waals surface area contributed by atoms with Gasteiger partial charge in [-0.25, -0.2) is 4.79 Å². The summed E-state index contributed by atoms with van der Waals surface area (Å²) in [5.41, 5.74) is 7.25. The Bertz CT molecular complexity index is 608. The molecule has 0 aliphatic carbocycles. The molecule has 1 amide bonds. The Labute approximate surface area is 126 Å². The predicted octanol–water partition coefficient (Wildman–Crippen LogP) is 2.21. The molecular weight excluding hydrogens is 288 g/mol. The zero-order chi connectivity index (χ0) is 15.2. The lowest BCUT2D eigenvalue weighted by Gasteiger charge is -2.13. The van der Waals surface area contributed by atoms with Crippen LogP contribution in [0.15, 0.2) is 41.8 Å². The summed E-state index contributed by atoms with van der Waals surface area (Å²) < 4.78 is 0. The lowest BCUT2D eigenvalue weighted by atomic mass is 10.1. The lowest BCUT2D eigenvalue weighted by molar-refractivity contribution is -0.141. The highest BCUT2D eigenvalue weighted by atomic mass is 32.1. The van der Waals surface area contributed by atoms with Crippen molar-refractivity contribution in [2.45, 2.75) is 18.9 Å². The second-order valence-corrected chi connectivity index (χ2v) is 5.58. The first-order valence-corrected chi connectivity index (χ1v) is 7.34. The van der Waals surface area contributed by atoms with E-state index in [0.29, 0.717) is 17.0 Å². The summed E-state index contributed by atoms with van der Waals surface area (Å²) in [6, 6.07) is 9.74. The number of aliphatic carboxylic acids is 1. The normalized spacial score (nSPS) is 11.8. The fourth-order valence-corrected chi connectivity index (χ4v) is 2.65. The zero-order valence-corrected chi connectivity index (χ0v) is 12.1. The van der Waals surface area contributed by atoms with E-state index in [1.54, 1.807) is 29.6 Å². The molecule has 1 aromatic heterocycles. The number of carboxylic acid groups (broad SMARTS) is 1. The first-order valence-electron chi connectivity index (χ1n) is 6.46. The second-order valence-electron chi connectivity index (χ2n) is 4.60. The average molecular weight is 304 g/mol. The number of nitrogens with two attached hydrogens (primary N) is 1. The van der Waals surface area contributed by atoms with Gasteiger partial charge in [0.05, 0.1) is 0 Å². The van der Waals surface area contributed by atoms with Crippen molar-refractivity contribution in [2.24, 2.45) is 0 Å². The second kappa shape index (κ2) is 6.90. The van der Waals surface area contributed by atoms with E-state index in [-0.39, 0.29) is 12.3 Å². The van der Waals surface area contributed by atoms with E-state index in [1.807, 2.05) is 12.1 Å². The molecule has 1 aromatic carbocycles. The van der Waals surface area contributed by atoms with Gasteiger partial charge in [0.1, 0.15) is 0 Å². The predicted molar refractivity (Wildman–Crippen MR) is 82.0 cm³/mol. The molecule has 5 nitrogen and oxygen atoms in total. The molecule has 21 heavy (non-hydrogen) atoms. The number of aryl methyl sites for hydroxylation is 1. The highest BCUT2D eigenvalue weighted by molar-refractivity contribution is 7.10. The number of hydrogen-bond donors (Lipinski definition) is 3. The van der Waals surface area contributed by atoms with Crippen LogP contribution in [0.1, 0.15) is 22.9 Å². The van der Waals surface area contributed by atoms with Gasteiger partial charge in [0, 0.05) is 17.0 Å².